The van der Waals surface area contributed by atoms with Gasteiger partial charge in [-0.3, -0.25) is 4.79 Å². The molecule has 2 N–H and O–H groups in total. The van der Waals surface area contributed by atoms with E-state index in [1.165, 1.54) is 0 Å². The molecule has 2 fully saturated rings. The maximum Gasteiger partial charge on any atom is 0.303 e. The second-order valence-corrected chi connectivity index (χ2v) is 3.40. The van der Waals surface area contributed by atoms with Gasteiger partial charge in [-0.2, -0.15) is 0 Å². The fraction of sp³-hybridized carbons (Fsp3) is 0.857. The number of epoxide rings is 1. The number of carbonyl (C=O) groups is 1. The number of aliphatic carboxylic acids is 1. The molecule has 0 bridgehead atoms. The third-order valence-electron chi connectivity index (χ3n) is 2.54. The molecule has 0 spiro atoms. The van der Waals surface area contributed by atoms with Crippen LogP contribution in [0.3, 0.4) is 0 Å². The SMILES string of the molecule is O=C(O)CC1C2OC2C(F)(F)C1O. The molecule has 13 heavy (non-hydrogen) atoms. The van der Waals surface area contributed by atoms with Gasteiger partial charge in [-0.1, -0.05) is 0 Å². The van der Waals surface area contributed by atoms with Crippen LogP contribution in [0.15, 0.2) is 0 Å². The molecule has 0 amide bonds. The van der Waals surface area contributed by atoms with Crippen LogP contribution in [0.2, 0.25) is 0 Å². The standard InChI is InChI=1S/C7H8F2O4/c8-7(9)5(12)2(1-3(10)11)4-6(7)13-4/h2,4-6,12H,1H2,(H,10,11). The van der Waals surface area contributed by atoms with Gasteiger partial charge in [0, 0.05) is 5.92 Å². The first-order chi connectivity index (χ1) is 5.94. The van der Waals surface area contributed by atoms with E-state index in [0.29, 0.717) is 0 Å². The second-order valence-electron chi connectivity index (χ2n) is 3.40. The summed E-state index contributed by atoms with van der Waals surface area (Å²) in [6, 6.07) is 0. The molecule has 1 saturated heterocycles. The summed E-state index contributed by atoms with van der Waals surface area (Å²) in [7, 11) is 0. The van der Waals surface area contributed by atoms with Gasteiger partial charge in [-0.25, -0.2) is 8.78 Å². The molecular weight excluding hydrogens is 186 g/mol. The Kier molecular flexibility index (Phi) is 1.62. The van der Waals surface area contributed by atoms with Gasteiger partial charge < -0.3 is 14.9 Å². The molecule has 1 saturated carbocycles. The number of ether oxygens (including phenoxy) is 1. The lowest BCUT2D eigenvalue weighted by molar-refractivity contribution is -0.152. The van der Waals surface area contributed by atoms with E-state index in [9.17, 15) is 13.6 Å². The number of aliphatic hydroxyl groups excluding tert-OH is 1. The molecule has 4 nitrogen and oxygen atoms in total. The average Bonchev–Trinajstić information content (AvgIpc) is 2.73. The van der Waals surface area contributed by atoms with Crippen LogP contribution >= 0.6 is 0 Å². The molecular formula is C7H8F2O4. The molecule has 1 aliphatic heterocycles. The van der Waals surface area contributed by atoms with E-state index < -0.39 is 42.5 Å². The maximum absolute atomic E-state index is 12.9. The quantitative estimate of drug-likeness (QED) is 0.600. The van der Waals surface area contributed by atoms with Crippen molar-refractivity contribution in [2.24, 2.45) is 5.92 Å². The summed E-state index contributed by atoms with van der Waals surface area (Å²) < 4.78 is 30.4. The van der Waals surface area contributed by atoms with Crippen molar-refractivity contribution in [2.75, 3.05) is 0 Å². The highest BCUT2D eigenvalue weighted by Gasteiger charge is 2.72. The minimum absolute atomic E-state index is 0.474. The van der Waals surface area contributed by atoms with Crippen LogP contribution in [0, 0.1) is 5.92 Å². The summed E-state index contributed by atoms with van der Waals surface area (Å²) in [4.78, 5) is 10.3. The van der Waals surface area contributed by atoms with E-state index in [-0.39, 0.29) is 0 Å². The van der Waals surface area contributed by atoms with Crippen LogP contribution in [-0.2, 0) is 9.53 Å². The van der Waals surface area contributed by atoms with Gasteiger partial charge in [0.05, 0.1) is 12.5 Å². The van der Waals surface area contributed by atoms with E-state index in [0.717, 1.165) is 0 Å². The molecule has 1 aliphatic carbocycles. The lowest BCUT2D eigenvalue weighted by Crippen LogP contribution is -2.38. The zero-order chi connectivity index (χ0) is 9.80. The first-order valence-corrected chi connectivity index (χ1v) is 3.87. The van der Waals surface area contributed by atoms with Gasteiger partial charge in [-0.05, 0) is 0 Å². The Morgan fingerprint density at radius 2 is 2.15 bits per heavy atom. The second kappa shape index (κ2) is 2.39. The Morgan fingerprint density at radius 1 is 1.54 bits per heavy atom. The number of carboxylic acid groups (broad SMARTS) is 1. The molecule has 2 rings (SSSR count). The summed E-state index contributed by atoms with van der Waals surface area (Å²) in [6.45, 7) is 0. The minimum Gasteiger partial charge on any atom is -0.481 e. The van der Waals surface area contributed by atoms with Crippen LogP contribution in [0.4, 0.5) is 8.78 Å². The minimum atomic E-state index is -3.29. The van der Waals surface area contributed by atoms with E-state index in [2.05, 4.69) is 4.74 Å². The summed E-state index contributed by atoms with van der Waals surface area (Å²) in [5.41, 5.74) is 0. The normalized spacial score (nSPS) is 45.8. The van der Waals surface area contributed by atoms with Crippen LogP contribution in [0.1, 0.15) is 6.42 Å². The average molecular weight is 194 g/mol. The van der Waals surface area contributed by atoms with Gasteiger partial charge in [0.25, 0.3) is 0 Å². The van der Waals surface area contributed by atoms with Gasteiger partial charge in [0.1, 0.15) is 6.10 Å². The fourth-order valence-corrected chi connectivity index (χ4v) is 1.82. The van der Waals surface area contributed by atoms with Crippen LogP contribution < -0.4 is 0 Å². The number of hydrogen-bond donors (Lipinski definition) is 2. The van der Waals surface area contributed by atoms with Crippen LogP contribution in [0.25, 0.3) is 0 Å². The number of aliphatic hydroxyl groups is 1. The van der Waals surface area contributed by atoms with Crippen molar-refractivity contribution in [3.63, 3.8) is 0 Å². The van der Waals surface area contributed by atoms with E-state index in [1.54, 1.807) is 0 Å². The largest absolute Gasteiger partial charge is 0.481 e. The predicted molar refractivity (Wildman–Crippen MR) is 35.4 cm³/mol. The highest BCUT2D eigenvalue weighted by atomic mass is 19.3. The monoisotopic (exact) mass is 194 g/mol. The van der Waals surface area contributed by atoms with Crippen molar-refractivity contribution < 1.29 is 28.5 Å². The predicted octanol–water partition coefficient (Wildman–Crippen LogP) is -0.146. The van der Waals surface area contributed by atoms with E-state index in [4.69, 9.17) is 10.2 Å². The van der Waals surface area contributed by atoms with E-state index in [1.807, 2.05) is 0 Å². The molecule has 6 heteroatoms. The number of carboxylic acids is 1. The van der Waals surface area contributed by atoms with E-state index >= 15 is 0 Å². The van der Waals surface area contributed by atoms with Gasteiger partial charge in [-0.15, -0.1) is 0 Å². The lowest BCUT2D eigenvalue weighted by Gasteiger charge is -2.20. The zero-order valence-corrected chi connectivity index (χ0v) is 6.48. The van der Waals surface area contributed by atoms with Gasteiger partial charge in [0.15, 0.2) is 6.10 Å². The summed E-state index contributed by atoms with van der Waals surface area (Å²) in [5.74, 6) is -5.46. The molecule has 0 aromatic rings. The highest BCUT2D eigenvalue weighted by Crippen LogP contribution is 2.53. The zero-order valence-electron chi connectivity index (χ0n) is 6.48. The number of halogens is 2. The van der Waals surface area contributed by atoms with Crippen molar-refractivity contribution in [1.82, 2.24) is 0 Å². The van der Waals surface area contributed by atoms with Gasteiger partial charge in [0.2, 0.25) is 0 Å². The number of rotatable bonds is 2. The van der Waals surface area contributed by atoms with Crippen LogP contribution in [-0.4, -0.2) is 40.4 Å². The number of alkyl halides is 2. The number of fused-ring (bicyclic) bond motifs is 1. The van der Waals surface area contributed by atoms with Crippen molar-refractivity contribution in [3.8, 4) is 0 Å². The molecule has 0 aromatic carbocycles. The van der Waals surface area contributed by atoms with Crippen LogP contribution in [0.5, 0.6) is 0 Å². The molecule has 0 aromatic heterocycles. The summed E-state index contributed by atoms with van der Waals surface area (Å²) in [5, 5.41) is 17.5. The maximum atomic E-state index is 12.9. The molecule has 0 radical (unpaired) electrons. The van der Waals surface area contributed by atoms with Crippen molar-refractivity contribution in [1.29, 1.82) is 0 Å². The topological polar surface area (TPSA) is 70.1 Å². The Labute approximate surface area is 72.1 Å². The summed E-state index contributed by atoms with van der Waals surface area (Å²) in [6.07, 6.45) is -4.40. The molecule has 74 valence electrons. The van der Waals surface area contributed by atoms with Crippen molar-refractivity contribution in [2.45, 2.75) is 30.7 Å². The third kappa shape index (κ3) is 1.13. The Morgan fingerprint density at radius 3 is 2.54 bits per heavy atom. The molecule has 1 heterocycles. The first-order valence-electron chi connectivity index (χ1n) is 3.87. The summed E-state index contributed by atoms with van der Waals surface area (Å²) >= 11 is 0. The smallest absolute Gasteiger partial charge is 0.303 e. The molecule has 4 atom stereocenters. The van der Waals surface area contributed by atoms with Crippen molar-refractivity contribution in [3.05, 3.63) is 0 Å². The Balaban J connectivity index is 2.11. The molecule has 2 aliphatic rings. The fourth-order valence-electron chi connectivity index (χ4n) is 1.82. The first kappa shape index (κ1) is 8.83. The Bertz CT molecular complexity index is 255. The Hall–Kier alpha value is -0.750. The molecule has 4 unspecified atom stereocenters. The lowest BCUT2D eigenvalue weighted by atomic mass is 10.0. The van der Waals surface area contributed by atoms with Gasteiger partial charge >= 0.3 is 11.9 Å². The highest BCUT2D eigenvalue weighted by molar-refractivity contribution is 5.67. The third-order valence-corrected chi connectivity index (χ3v) is 2.54. The number of hydrogen-bond acceptors (Lipinski definition) is 3. The van der Waals surface area contributed by atoms with Crippen molar-refractivity contribution >= 4 is 5.97 Å².